The molecule has 1 aliphatic carbocycles. The van der Waals surface area contributed by atoms with Gasteiger partial charge in [-0.3, -0.25) is 0 Å². The van der Waals surface area contributed by atoms with Crippen molar-refractivity contribution in [1.29, 1.82) is 0 Å². The fraction of sp³-hybridized carbons (Fsp3) is 0.0612. The molecule has 1 aliphatic rings. The van der Waals surface area contributed by atoms with Crippen molar-refractivity contribution in [3.05, 3.63) is 181 Å². The summed E-state index contributed by atoms with van der Waals surface area (Å²) in [6, 6.07) is 63.1. The molecule has 0 saturated heterocycles. The summed E-state index contributed by atoms with van der Waals surface area (Å²) in [6.45, 7) is 4.78. The third kappa shape index (κ3) is 4.17. The van der Waals surface area contributed by atoms with Gasteiger partial charge >= 0.3 is 0 Å². The molecule has 0 unspecified atom stereocenters. The van der Waals surface area contributed by atoms with Crippen LogP contribution in [0.25, 0.3) is 87.6 Å². The molecular weight excluding hydrogens is 589 g/mol. The Morgan fingerprint density at radius 2 is 0.816 bits per heavy atom. The molecule has 0 N–H and O–H groups in total. The monoisotopic (exact) mass is 622 g/mol. The molecule has 0 radical (unpaired) electrons. The fourth-order valence-electron chi connectivity index (χ4n) is 8.73. The lowest BCUT2D eigenvalue weighted by molar-refractivity contribution is 0.663. The van der Waals surface area contributed by atoms with Gasteiger partial charge in [0.25, 0.3) is 0 Å². The van der Waals surface area contributed by atoms with Crippen molar-refractivity contribution in [2.24, 2.45) is 0 Å². The Balaban J connectivity index is 1.13. The minimum Gasteiger partial charge on any atom is -0.0622 e. The molecule has 10 rings (SSSR count). The lowest BCUT2D eigenvalue weighted by Gasteiger charge is -2.25. The molecule has 0 amide bonds. The molecule has 49 heavy (non-hydrogen) atoms. The van der Waals surface area contributed by atoms with E-state index in [0.29, 0.717) is 0 Å². The minimum atomic E-state index is -0.0991. The van der Waals surface area contributed by atoms with Crippen molar-refractivity contribution in [1.82, 2.24) is 0 Å². The molecular formula is C49H34. The van der Waals surface area contributed by atoms with E-state index in [4.69, 9.17) is 0 Å². The average Bonchev–Trinajstić information content (AvgIpc) is 3.38. The number of benzene rings is 9. The van der Waals surface area contributed by atoms with Crippen LogP contribution in [0.2, 0.25) is 0 Å². The summed E-state index contributed by atoms with van der Waals surface area (Å²) in [4.78, 5) is 0. The zero-order chi connectivity index (χ0) is 32.7. The zero-order valence-corrected chi connectivity index (χ0v) is 27.7. The Bertz CT molecular complexity index is 2720. The van der Waals surface area contributed by atoms with Crippen molar-refractivity contribution in [2.45, 2.75) is 19.3 Å². The predicted octanol–water partition coefficient (Wildman–Crippen LogP) is 13.6. The molecule has 0 bridgehead atoms. The third-order valence-corrected chi connectivity index (χ3v) is 11.0. The normalized spacial score (nSPS) is 13.3. The van der Waals surface area contributed by atoms with Crippen LogP contribution in [0, 0.1) is 0 Å². The molecule has 0 atom stereocenters. The van der Waals surface area contributed by atoms with E-state index in [2.05, 4.69) is 184 Å². The standard InChI is InChI=1S/C49H34/c1-49(2)45-30-33-16-7-6-15-32(33)29-44(45)43-22-12-21-38(48(43)49)36-25-23-35-28-37(26-24-34(35)27-36)47-41-19-10-8-17-39(41)46(31-13-4-3-5-14-31)40-18-9-11-20-42(40)47/h3-30H,1-2H3. The second kappa shape index (κ2) is 10.5. The Hall–Kier alpha value is -5.98. The van der Waals surface area contributed by atoms with Crippen LogP contribution in [0.5, 0.6) is 0 Å². The maximum Gasteiger partial charge on any atom is 0.0165 e. The number of fused-ring (bicyclic) bond motifs is 7. The average molecular weight is 623 g/mol. The zero-order valence-electron chi connectivity index (χ0n) is 27.7. The second-order valence-electron chi connectivity index (χ2n) is 14.1. The van der Waals surface area contributed by atoms with Gasteiger partial charge in [0.1, 0.15) is 0 Å². The van der Waals surface area contributed by atoms with E-state index < -0.39 is 0 Å². The van der Waals surface area contributed by atoms with Crippen LogP contribution in [0.4, 0.5) is 0 Å². The maximum absolute atomic E-state index is 2.41. The summed E-state index contributed by atoms with van der Waals surface area (Å²) < 4.78 is 0. The first-order valence-corrected chi connectivity index (χ1v) is 17.3. The lowest BCUT2D eigenvalue weighted by Crippen LogP contribution is -2.16. The molecule has 0 saturated carbocycles. The smallest absolute Gasteiger partial charge is 0.0165 e. The first-order valence-electron chi connectivity index (χ1n) is 17.3. The highest BCUT2D eigenvalue weighted by molar-refractivity contribution is 6.21. The van der Waals surface area contributed by atoms with Crippen LogP contribution < -0.4 is 0 Å². The van der Waals surface area contributed by atoms with Gasteiger partial charge in [-0.15, -0.1) is 0 Å². The van der Waals surface area contributed by atoms with E-state index in [9.17, 15) is 0 Å². The highest BCUT2D eigenvalue weighted by atomic mass is 14.4. The van der Waals surface area contributed by atoms with Crippen LogP contribution in [-0.4, -0.2) is 0 Å². The lowest BCUT2D eigenvalue weighted by atomic mass is 9.78. The van der Waals surface area contributed by atoms with Crippen LogP contribution in [0.1, 0.15) is 25.0 Å². The van der Waals surface area contributed by atoms with Gasteiger partial charge in [-0.2, -0.15) is 0 Å². The first kappa shape index (κ1) is 28.1. The summed E-state index contributed by atoms with van der Waals surface area (Å²) >= 11 is 0. The van der Waals surface area contributed by atoms with Gasteiger partial charge < -0.3 is 0 Å². The van der Waals surface area contributed by atoms with Crippen molar-refractivity contribution < 1.29 is 0 Å². The molecule has 230 valence electrons. The van der Waals surface area contributed by atoms with Gasteiger partial charge in [0.05, 0.1) is 0 Å². The van der Waals surface area contributed by atoms with Crippen molar-refractivity contribution in [3.8, 4) is 44.5 Å². The molecule has 0 spiro atoms. The SMILES string of the molecule is CC1(C)c2cc3ccccc3cc2-c2cccc(-c3ccc4cc(-c5c6ccccc6c(-c6ccccc6)c6ccccc56)ccc4c3)c21. The van der Waals surface area contributed by atoms with Crippen molar-refractivity contribution in [3.63, 3.8) is 0 Å². The largest absolute Gasteiger partial charge is 0.0622 e. The summed E-state index contributed by atoms with van der Waals surface area (Å²) in [5.41, 5.74) is 13.1. The predicted molar refractivity (Wildman–Crippen MR) is 210 cm³/mol. The maximum atomic E-state index is 2.41. The molecule has 0 aromatic heterocycles. The Labute approximate surface area is 286 Å². The summed E-state index contributed by atoms with van der Waals surface area (Å²) in [6.07, 6.45) is 0. The van der Waals surface area contributed by atoms with E-state index in [0.717, 1.165) is 0 Å². The van der Waals surface area contributed by atoms with Gasteiger partial charge in [-0.05, 0) is 123 Å². The topological polar surface area (TPSA) is 0 Å². The summed E-state index contributed by atoms with van der Waals surface area (Å²) in [7, 11) is 0. The first-order chi connectivity index (χ1) is 24.1. The summed E-state index contributed by atoms with van der Waals surface area (Å²) in [5.74, 6) is 0. The van der Waals surface area contributed by atoms with E-state index in [1.807, 2.05) is 0 Å². The molecule has 0 heteroatoms. The minimum absolute atomic E-state index is 0.0991. The van der Waals surface area contributed by atoms with Gasteiger partial charge in [0.15, 0.2) is 0 Å². The molecule has 9 aromatic rings. The van der Waals surface area contributed by atoms with Crippen molar-refractivity contribution >= 4 is 43.1 Å². The van der Waals surface area contributed by atoms with Gasteiger partial charge in [-0.1, -0.05) is 159 Å². The van der Waals surface area contributed by atoms with E-state index in [-0.39, 0.29) is 5.41 Å². The highest BCUT2D eigenvalue weighted by Gasteiger charge is 2.37. The number of hydrogen-bond acceptors (Lipinski definition) is 0. The van der Waals surface area contributed by atoms with E-state index >= 15 is 0 Å². The Morgan fingerprint density at radius 3 is 1.47 bits per heavy atom. The summed E-state index contributed by atoms with van der Waals surface area (Å²) in [5, 5.41) is 10.2. The van der Waals surface area contributed by atoms with Crippen LogP contribution >= 0.6 is 0 Å². The molecule has 0 aliphatic heterocycles. The third-order valence-electron chi connectivity index (χ3n) is 11.0. The molecule has 0 nitrogen and oxygen atoms in total. The Kier molecular flexibility index (Phi) is 6.02. The quantitative estimate of drug-likeness (QED) is 0.172. The Morgan fingerprint density at radius 1 is 0.327 bits per heavy atom. The number of hydrogen-bond donors (Lipinski definition) is 0. The van der Waals surface area contributed by atoms with Crippen LogP contribution in [0.15, 0.2) is 170 Å². The molecule has 0 heterocycles. The van der Waals surface area contributed by atoms with E-state index in [1.165, 1.54) is 98.7 Å². The van der Waals surface area contributed by atoms with Gasteiger partial charge in [-0.25, -0.2) is 0 Å². The highest BCUT2D eigenvalue weighted by Crippen LogP contribution is 2.53. The fourth-order valence-corrected chi connectivity index (χ4v) is 8.73. The van der Waals surface area contributed by atoms with Gasteiger partial charge in [0.2, 0.25) is 0 Å². The van der Waals surface area contributed by atoms with Gasteiger partial charge in [0, 0.05) is 5.41 Å². The molecule has 9 aromatic carbocycles. The second-order valence-corrected chi connectivity index (χ2v) is 14.1. The molecule has 0 fully saturated rings. The van der Waals surface area contributed by atoms with E-state index in [1.54, 1.807) is 0 Å². The van der Waals surface area contributed by atoms with Crippen molar-refractivity contribution in [2.75, 3.05) is 0 Å². The number of rotatable bonds is 3. The van der Waals surface area contributed by atoms with Crippen LogP contribution in [-0.2, 0) is 5.41 Å². The van der Waals surface area contributed by atoms with Crippen LogP contribution in [0.3, 0.4) is 0 Å².